The van der Waals surface area contributed by atoms with Crippen LogP contribution in [0.15, 0.2) is 10.6 Å². The van der Waals surface area contributed by atoms with E-state index in [1.165, 1.54) is 0 Å². The van der Waals surface area contributed by atoms with Crippen molar-refractivity contribution in [1.29, 1.82) is 0 Å². The van der Waals surface area contributed by atoms with E-state index in [1.807, 2.05) is 6.07 Å². The zero-order chi connectivity index (χ0) is 14.5. The van der Waals surface area contributed by atoms with Crippen LogP contribution >= 0.6 is 0 Å². The summed E-state index contributed by atoms with van der Waals surface area (Å²) >= 11 is 0. The van der Waals surface area contributed by atoms with Crippen LogP contribution in [0, 0.1) is 0 Å². The fraction of sp³-hybridized carbons (Fsp3) is 0.571. The number of hydrogen-bond donors (Lipinski definition) is 1. The summed E-state index contributed by atoms with van der Waals surface area (Å²) in [5, 5.41) is 15.4. The van der Waals surface area contributed by atoms with Crippen LogP contribution in [0.1, 0.15) is 56.5 Å². The van der Waals surface area contributed by atoms with Crippen LogP contribution in [0.25, 0.3) is 0 Å². The highest BCUT2D eigenvalue weighted by Gasteiger charge is 2.09. The molecule has 0 aromatic carbocycles. The van der Waals surface area contributed by atoms with E-state index in [0.717, 1.165) is 35.7 Å². The van der Waals surface area contributed by atoms with Gasteiger partial charge >= 0.3 is 0 Å². The average molecular weight is 275 g/mol. The largest absolute Gasteiger partial charge is 0.359 e. The molecule has 2 aromatic heterocycles. The molecule has 2 rings (SSSR count). The number of hydrogen-bond acceptors (Lipinski definition) is 6. The molecule has 0 atom stereocenters. The Kier molecular flexibility index (Phi) is 4.65. The Morgan fingerprint density at radius 1 is 1.15 bits per heavy atom. The average Bonchev–Trinajstić information content (AvgIpc) is 2.94. The molecule has 0 aliphatic carbocycles. The molecular formula is C14H21N5O. The highest BCUT2D eigenvalue weighted by molar-refractivity contribution is 5.26. The number of aryl methyl sites for hydroxylation is 2. The summed E-state index contributed by atoms with van der Waals surface area (Å²) in [6, 6.07) is 1.95. The Morgan fingerprint density at radius 3 is 2.50 bits per heavy atom. The SMILES string of the molecule is CCc1nnc(NCc2cc(C(C)C)no2)nc1CC. The highest BCUT2D eigenvalue weighted by Crippen LogP contribution is 2.15. The standard InChI is InChI=1S/C14H21N5O/c1-5-11-12(6-2)17-18-14(16-11)15-8-10-7-13(9(3)4)19-20-10/h7,9H,5-6,8H2,1-4H3,(H,15,16,18). The Hall–Kier alpha value is -1.98. The van der Waals surface area contributed by atoms with Crippen LogP contribution in [0.3, 0.4) is 0 Å². The van der Waals surface area contributed by atoms with Crippen molar-refractivity contribution in [1.82, 2.24) is 20.3 Å². The molecule has 0 fully saturated rings. The van der Waals surface area contributed by atoms with E-state index in [1.54, 1.807) is 0 Å². The van der Waals surface area contributed by atoms with Crippen molar-refractivity contribution in [3.8, 4) is 0 Å². The van der Waals surface area contributed by atoms with E-state index in [9.17, 15) is 0 Å². The maximum atomic E-state index is 5.26. The first-order valence-electron chi connectivity index (χ1n) is 7.05. The highest BCUT2D eigenvalue weighted by atomic mass is 16.5. The summed E-state index contributed by atoms with van der Waals surface area (Å²) in [6.45, 7) is 8.80. The van der Waals surface area contributed by atoms with E-state index < -0.39 is 0 Å². The maximum Gasteiger partial charge on any atom is 0.243 e. The van der Waals surface area contributed by atoms with Crippen LogP contribution in [-0.2, 0) is 19.4 Å². The van der Waals surface area contributed by atoms with E-state index in [4.69, 9.17) is 4.52 Å². The summed E-state index contributed by atoms with van der Waals surface area (Å²) in [6.07, 6.45) is 1.70. The Bertz CT molecular complexity index is 564. The van der Waals surface area contributed by atoms with Gasteiger partial charge in [0.1, 0.15) is 0 Å². The molecule has 0 radical (unpaired) electrons. The molecule has 0 saturated heterocycles. The van der Waals surface area contributed by atoms with Crippen molar-refractivity contribution >= 4 is 5.95 Å². The molecule has 0 amide bonds. The van der Waals surface area contributed by atoms with Gasteiger partial charge in [0.25, 0.3) is 0 Å². The molecule has 0 spiro atoms. The smallest absolute Gasteiger partial charge is 0.243 e. The number of rotatable bonds is 6. The normalized spacial score (nSPS) is 11.1. The third-order valence-electron chi connectivity index (χ3n) is 3.10. The topological polar surface area (TPSA) is 76.7 Å². The van der Waals surface area contributed by atoms with Crippen LogP contribution in [-0.4, -0.2) is 20.3 Å². The van der Waals surface area contributed by atoms with Crippen molar-refractivity contribution in [2.75, 3.05) is 5.32 Å². The van der Waals surface area contributed by atoms with Crippen LogP contribution in [0.5, 0.6) is 0 Å². The van der Waals surface area contributed by atoms with E-state index >= 15 is 0 Å². The number of nitrogens with one attached hydrogen (secondary N) is 1. The van der Waals surface area contributed by atoms with Gasteiger partial charge in [-0.2, -0.15) is 5.10 Å². The minimum Gasteiger partial charge on any atom is -0.359 e. The van der Waals surface area contributed by atoms with Gasteiger partial charge in [0, 0.05) is 6.07 Å². The lowest BCUT2D eigenvalue weighted by Crippen LogP contribution is -2.09. The van der Waals surface area contributed by atoms with Crippen molar-refractivity contribution in [2.24, 2.45) is 0 Å². The summed E-state index contributed by atoms with van der Waals surface area (Å²) in [4.78, 5) is 4.47. The van der Waals surface area contributed by atoms with Gasteiger partial charge in [-0.3, -0.25) is 0 Å². The van der Waals surface area contributed by atoms with Crippen molar-refractivity contribution < 1.29 is 4.52 Å². The van der Waals surface area contributed by atoms with E-state index in [0.29, 0.717) is 18.4 Å². The molecule has 0 bridgehead atoms. The first-order chi connectivity index (χ1) is 9.63. The fourth-order valence-electron chi connectivity index (χ4n) is 1.86. The van der Waals surface area contributed by atoms with Crippen LogP contribution in [0.2, 0.25) is 0 Å². The first-order valence-corrected chi connectivity index (χ1v) is 7.05. The Labute approximate surface area is 119 Å². The fourth-order valence-corrected chi connectivity index (χ4v) is 1.86. The molecule has 0 aliphatic rings. The predicted octanol–water partition coefficient (Wildman–Crippen LogP) is 2.72. The van der Waals surface area contributed by atoms with Crippen molar-refractivity contribution in [3.63, 3.8) is 0 Å². The van der Waals surface area contributed by atoms with E-state index in [2.05, 4.69) is 53.3 Å². The number of aromatic nitrogens is 4. The molecule has 0 aliphatic heterocycles. The molecule has 1 N–H and O–H groups in total. The zero-order valence-electron chi connectivity index (χ0n) is 12.5. The lowest BCUT2D eigenvalue weighted by molar-refractivity contribution is 0.379. The third-order valence-corrected chi connectivity index (χ3v) is 3.10. The summed E-state index contributed by atoms with van der Waals surface area (Å²) < 4.78 is 5.26. The molecule has 0 unspecified atom stereocenters. The maximum absolute atomic E-state index is 5.26. The van der Waals surface area contributed by atoms with Gasteiger partial charge in [0.15, 0.2) is 5.76 Å². The second-order valence-corrected chi connectivity index (χ2v) is 4.96. The van der Waals surface area contributed by atoms with Crippen LogP contribution in [0.4, 0.5) is 5.95 Å². The third kappa shape index (κ3) is 3.31. The van der Waals surface area contributed by atoms with E-state index in [-0.39, 0.29) is 0 Å². The zero-order valence-corrected chi connectivity index (χ0v) is 12.5. The molecule has 0 saturated carbocycles. The number of anilines is 1. The predicted molar refractivity (Wildman–Crippen MR) is 76.5 cm³/mol. The van der Waals surface area contributed by atoms with Gasteiger partial charge in [0.2, 0.25) is 5.95 Å². The van der Waals surface area contributed by atoms with Gasteiger partial charge in [-0.1, -0.05) is 32.9 Å². The second kappa shape index (κ2) is 6.45. The Balaban J connectivity index is 2.03. The first kappa shape index (κ1) is 14.4. The molecular weight excluding hydrogens is 254 g/mol. The lowest BCUT2D eigenvalue weighted by atomic mass is 10.1. The minimum absolute atomic E-state index is 0.362. The molecule has 2 aromatic rings. The monoisotopic (exact) mass is 275 g/mol. The summed E-state index contributed by atoms with van der Waals surface area (Å²) in [5.74, 6) is 1.66. The molecule has 6 nitrogen and oxygen atoms in total. The molecule has 2 heterocycles. The quantitative estimate of drug-likeness (QED) is 0.873. The second-order valence-electron chi connectivity index (χ2n) is 4.96. The Morgan fingerprint density at radius 2 is 1.90 bits per heavy atom. The van der Waals surface area contributed by atoms with Gasteiger partial charge in [0.05, 0.1) is 23.6 Å². The summed E-state index contributed by atoms with van der Waals surface area (Å²) in [7, 11) is 0. The molecule has 108 valence electrons. The van der Waals surface area contributed by atoms with Crippen molar-refractivity contribution in [2.45, 2.75) is 53.0 Å². The van der Waals surface area contributed by atoms with Crippen molar-refractivity contribution in [3.05, 3.63) is 28.9 Å². The summed E-state index contributed by atoms with van der Waals surface area (Å²) in [5.41, 5.74) is 2.90. The van der Waals surface area contributed by atoms with Gasteiger partial charge < -0.3 is 9.84 Å². The molecule has 20 heavy (non-hydrogen) atoms. The lowest BCUT2D eigenvalue weighted by Gasteiger charge is -2.06. The molecule has 6 heteroatoms. The van der Waals surface area contributed by atoms with Crippen LogP contribution < -0.4 is 5.32 Å². The minimum atomic E-state index is 0.362. The van der Waals surface area contributed by atoms with Gasteiger partial charge in [-0.15, -0.1) is 5.10 Å². The number of nitrogens with zero attached hydrogens (tertiary/aromatic N) is 4. The van der Waals surface area contributed by atoms with Gasteiger partial charge in [-0.05, 0) is 18.8 Å². The van der Waals surface area contributed by atoms with Gasteiger partial charge in [-0.25, -0.2) is 4.98 Å².